The van der Waals surface area contributed by atoms with Gasteiger partial charge in [-0.3, -0.25) is 52.7 Å². The Morgan fingerprint density at radius 3 is 2.17 bits per heavy atom. The smallest absolute Gasteiger partial charge is 0.410 e. The zero-order valence-corrected chi connectivity index (χ0v) is 65.8. The van der Waals surface area contributed by atoms with E-state index in [1.54, 1.807) is 100 Å². The van der Waals surface area contributed by atoms with Gasteiger partial charge in [0.2, 0.25) is 65.0 Å². The van der Waals surface area contributed by atoms with E-state index in [0.29, 0.717) is 96.9 Å². The van der Waals surface area contributed by atoms with Gasteiger partial charge >= 0.3 is 6.09 Å². The van der Waals surface area contributed by atoms with Crippen molar-refractivity contribution in [2.24, 2.45) is 0 Å². The molecule has 2 saturated heterocycles. The van der Waals surface area contributed by atoms with Crippen molar-refractivity contribution < 1.29 is 81.2 Å². The Labute approximate surface area is 657 Å². The summed E-state index contributed by atoms with van der Waals surface area (Å²) in [7, 11) is 3.06. The van der Waals surface area contributed by atoms with E-state index >= 15 is 33.2 Å². The van der Waals surface area contributed by atoms with E-state index in [1.807, 2.05) is 28.8 Å². The van der Waals surface area contributed by atoms with E-state index in [9.17, 15) is 33.9 Å². The number of ether oxygens (including phenoxy) is 3. The summed E-state index contributed by atoms with van der Waals surface area (Å²) in [5.74, 6) is -8.40. The van der Waals surface area contributed by atoms with Crippen LogP contribution in [0, 0.1) is 5.82 Å². The van der Waals surface area contributed by atoms with Gasteiger partial charge < -0.3 is 91.3 Å². The molecule has 31 heteroatoms. The molecule has 11 rings (SSSR count). The number of nitrogens with zero attached hydrogens (tertiary/aromatic N) is 5. The number of benzene rings is 4. The van der Waals surface area contributed by atoms with Crippen molar-refractivity contribution in [2.45, 2.75) is 217 Å². The summed E-state index contributed by atoms with van der Waals surface area (Å²) in [4.78, 5) is 183. The zero-order valence-electron chi connectivity index (χ0n) is 65.8. The van der Waals surface area contributed by atoms with Crippen molar-refractivity contribution in [3.8, 4) is 5.75 Å². The third-order valence-corrected chi connectivity index (χ3v) is 21.4. The van der Waals surface area contributed by atoms with Gasteiger partial charge in [0.1, 0.15) is 71.6 Å². The Morgan fingerprint density at radius 2 is 1.43 bits per heavy atom. The highest BCUT2D eigenvalue weighted by Crippen LogP contribution is 2.32. The number of aromatic nitrogens is 1. The van der Waals surface area contributed by atoms with E-state index < -0.39 is 143 Å². The average Bonchev–Trinajstić information content (AvgIpc) is 1.67. The first kappa shape index (κ1) is 84.9. The highest BCUT2D eigenvalue weighted by atomic mass is 19.1. The lowest BCUT2D eigenvalue weighted by Crippen LogP contribution is -2.64. The highest BCUT2D eigenvalue weighted by Gasteiger charge is 2.50. The number of halogens is 1. The number of aliphatic hydroxyl groups excluding tert-OH is 1. The first-order valence-electron chi connectivity index (χ1n) is 39.2. The standard InChI is InChI=1S/C82H109FN14O16/c1-50-72(102)91-64(46-84-33-15-35-93(7)80(110)113-81(3,4)5)74(104)88-61-42-55-16-13-17-56(40-55)45-86-68(100)49-112-66-31-39-96-71(66)76(106)92-70(51(2)98)75(105)90-62(41-53-22-25-59(111-8)26-23-53)78(108)97-38-14-32-82(97,6)79(109)85-34-30-52-18-20-54(21-19-52)47-95(69(101)29-28-67(99)87-50)37-12-10-9-11-36-94-48-57(43-63(77(96)107)89-73(61)103)60-44-58(83)24-27-65(60)94/h13,16-27,40,44,48,50-51,61-64,66,70-71,84,98H,9-12,14-15,28-39,41-43,45-47,49H2,1-8H3,(H,85,109)(H,86,100)(H,87,99)(H,88,104)(H,89,103)(H,90,105)(H,91,102)(H,92,106)/t50-,51+,61-,62-,63-,64+,66-,70-,71?,82-/m0/s1. The highest BCUT2D eigenvalue weighted by molar-refractivity contribution is 6.00. The van der Waals surface area contributed by atoms with Crippen LogP contribution in [0.25, 0.3) is 10.9 Å². The summed E-state index contributed by atoms with van der Waals surface area (Å²) in [5.41, 5.74) is 2.03. The number of rotatable bonds is 10. The van der Waals surface area contributed by atoms with Gasteiger partial charge in [0.15, 0.2) is 0 Å². The van der Waals surface area contributed by atoms with Crippen molar-refractivity contribution >= 4 is 82.0 Å². The quantitative estimate of drug-likeness (QED) is 0.0898. The van der Waals surface area contributed by atoms with Crippen molar-refractivity contribution in [3.05, 3.63) is 136 Å². The van der Waals surface area contributed by atoms with Gasteiger partial charge in [-0.1, -0.05) is 73.5 Å². The molecule has 0 radical (unpaired) electrons. The molecule has 0 spiro atoms. The molecule has 1 aromatic heterocycles. The molecule has 10 N–H and O–H groups in total. The van der Waals surface area contributed by atoms with Crippen LogP contribution in [0.1, 0.15) is 139 Å². The van der Waals surface area contributed by atoms with E-state index in [-0.39, 0.29) is 103 Å². The van der Waals surface area contributed by atoms with Crippen molar-refractivity contribution in [1.82, 2.24) is 72.0 Å². The Balaban J connectivity index is 1.08. The molecule has 1 unspecified atom stereocenters. The van der Waals surface area contributed by atoms with Crippen LogP contribution >= 0.6 is 0 Å². The Bertz CT molecular complexity index is 4260. The lowest BCUT2D eigenvalue weighted by molar-refractivity contribution is -0.148. The summed E-state index contributed by atoms with van der Waals surface area (Å²) in [6, 6.07) is 14.3. The number of hydrogen-bond donors (Lipinski definition) is 10. The predicted molar refractivity (Wildman–Crippen MR) is 415 cm³/mol. The second-order valence-corrected chi connectivity index (χ2v) is 31.3. The molecule has 10 atom stereocenters. The van der Waals surface area contributed by atoms with Gasteiger partial charge in [0.25, 0.3) is 0 Å². The number of hydrogen-bond acceptors (Lipinski definition) is 17. The molecule has 6 aliphatic heterocycles. The monoisotopic (exact) mass is 1560 g/mol. The lowest BCUT2D eigenvalue weighted by atomic mass is 9.95. The fourth-order valence-corrected chi connectivity index (χ4v) is 15.1. The van der Waals surface area contributed by atoms with Crippen LogP contribution in [0.5, 0.6) is 5.75 Å². The minimum Gasteiger partial charge on any atom is -0.497 e. The number of carbonyl (C=O) groups is 12. The number of methoxy groups -OCH3 is 1. The van der Waals surface area contributed by atoms with Gasteiger partial charge in [-0.25, -0.2) is 9.18 Å². The fourth-order valence-electron chi connectivity index (χ4n) is 15.1. The van der Waals surface area contributed by atoms with Crippen molar-refractivity contribution in [3.63, 3.8) is 0 Å². The van der Waals surface area contributed by atoms with E-state index in [2.05, 4.69) is 47.9 Å². The van der Waals surface area contributed by atoms with E-state index in [4.69, 9.17) is 14.2 Å². The fraction of sp³-hybridized carbons (Fsp3) is 0.537. The maximum absolute atomic E-state index is 16.3. The molecule has 113 heavy (non-hydrogen) atoms. The summed E-state index contributed by atoms with van der Waals surface area (Å²) in [6.07, 6.45) is 0.713. The Kier molecular flexibility index (Phi) is 29.2. The first-order chi connectivity index (χ1) is 53.9. The molecule has 0 saturated carbocycles. The molecule has 12 amide bonds. The molecular formula is C82H109FN14O16. The Morgan fingerprint density at radius 1 is 0.717 bits per heavy atom. The number of nitrogens with one attached hydrogen (secondary N) is 9. The number of aliphatic hydroxyl groups is 1. The molecule has 4 aromatic carbocycles. The van der Waals surface area contributed by atoms with Crippen molar-refractivity contribution in [2.75, 3.05) is 66.6 Å². The van der Waals surface area contributed by atoms with E-state index in [0.717, 1.165) is 16.0 Å². The second-order valence-electron chi connectivity index (χ2n) is 31.3. The minimum absolute atomic E-state index is 0.0717. The van der Waals surface area contributed by atoms with Crippen molar-refractivity contribution in [1.29, 1.82) is 0 Å². The van der Waals surface area contributed by atoms with E-state index in [1.165, 1.54) is 42.9 Å². The first-order valence-corrected chi connectivity index (χ1v) is 39.2. The third-order valence-electron chi connectivity index (χ3n) is 21.4. The Hall–Kier alpha value is -10.5. The van der Waals surface area contributed by atoms with Crippen LogP contribution in [0.15, 0.2) is 97.2 Å². The molecule has 0 aliphatic carbocycles. The predicted octanol–water partition coefficient (Wildman–Crippen LogP) is 3.03. The third kappa shape index (κ3) is 22.9. The maximum atomic E-state index is 16.3. The molecule has 2 fully saturated rings. The minimum atomic E-state index is -1.85. The topological polar surface area (TPSA) is 379 Å². The van der Waals surface area contributed by atoms with Gasteiger partial charge in [0.05, 0.1) is 19.3 Å². The summed E-state index contributed by atoms with van der Waals surface area (Å²) in [6.45, 7) is 9.90. The number of carbonyl (C=O) groups excluding carboxylic acids is 12. The van der Waals surface area contributed by atoms with Gasteiger partial charge in [0, 0.05) is 115 Å². The summed E-state index contributed by atoms with van der Waals surface area (Å²) >= 11 is 0. The van der Waals surface area contributed by atoms with Crippen LogP contribution in [-0.4, -0.2) is 233 Å². The van der Waals surface area contributed by atoms with Gasteiger partial charge in [-0.2, -0.15) is 0 Å². The maximum Gasteiger partial charge on any atom is 0.410 e. The van der Waals surface area contributed by atoms with Gasteiger partial charge in [-0.15, -0.1) is 0 Å². The zero-order chi connectivity index (χ0) is 81.3. The molecule has 30 nitrogen and oxygen atoms in total. The van der Waals surface area contributed by atoms with Crippen LogP contribution in [0.2, 0.25) is 0 Å². The van der Waals surface area contributed by atoms with Gasteiger partial charge in [-0.05, 0) is 157 Å². The van der Waals surface area contributed by atoms with Crippen LogP contribution in [0.4, 0.5) is 9.18 Å². The summed E-state index contributed by atoms with van der Waals surface area (Å²) in [5, 5.41) is 37.7. The number of aryl methyl sites for hydroxylation is 1. The largest absolute Gasteiger partial charge is 0.497 e. The molecule has 7 heterocycles. The average molecular weight is 1570 g/mol. The van der Waals surface area contributed by atoms with Crippen LogP contribution in [0.3, 0.4) is 0 Å². The SMILES string of the molecule is COc1ccc(C[C@@H]2NC(=O)[C@H]([C@@H](C)O)NC(=O)C3[C@@H]4CCN3C(=O)[C@@H]3Cc5cn(c6ccc(F)cc56)CCCCCCN(Cc5ccc(cc5)CCNC(=O)[C@]5(C)CCCN5C2=O)C(=O)CCC(=O)N[C@@H](C)C(=O)N[C@H](CNCCCN(C)C(=O)OC(C)(C)C)C(=O)N[C@@H](Cc2cccc(c2)CNC(=O)CO4)C(=O)N3)cc1. The van der Waals surface area contributed by atoms with Crippen LogP contribution in [-0.2, 0) is 108 Å². The molecular weight excluding hydrogens is 1460 g/mol. The number of amides is 12. The second kappa shape index (κ2) is 38.8. The molecule has 6 aliphatic rings. The molecule has 5 aromatic rings. The molecule has 12 bridgehead atoms. The normalized spacial score (nSPS) is 24.8. The summed E-state index contributed by atoms with van der Waals surface area (Å²) < 4.78 is 35.0. The number of fused-ring (bicyclic) bond motifs is 16. The molecule has 610 valence electrons. The lowest BCUT2D eigenvalue weighted by Gasteiger charge is -2.37. The van der Waals surface area contributed by atoms with Crippen LogP contribution < -0.4 is 52.6 Å².